The summed E-state index contributed by atoms with van der Waals surface area (Å²) in [4.78, 5) is 23.7. The zero-order valence-corrected chi connectivity index (χ0v) is 13.7. The van der Waals surface area contributed by atoms with Gasteiger partial charge < -0.3 is 19.7 Å². The first-order valence-electron chi connectivity index (χ1n) is 7.17. The molecule has 2 N–H and O–H groups in total. The highest BCUT2D eigenvalue weighted by atomic mass is 16.5. The van der Waals surface area contributed by atoms with E-state index in [9.17, 15) is 9.59 Å². The van der Waals surface area contributed by atoms with Crippen molar-refractivity contribution in [3.8, 4) is 0 Å². The predicted octanol–water partition coefficient (Wildman–Crippen LogP) is 0.847. The number of hydrogen-bond donors (Lipinski definition) is 2. The van der Waals surface area contributed by atoms with E-state index in [1.807, 2.05) is 0 Å². The van der Waals surface area contributed by atoms with Crippen LogP contribution in [0.1, 0.15) is 40.5 Å². The van der Waals surface area contributed by atoms with E-state index in [0.717, 1.165) is 0 Å². The normalized spacial score (nSPS) is 12.5. The number of rotatable bonds is 10. The molecule has 0 fully saturated rings. The first-order chi connectivity index (χ1) is 10.2. The summed E-state index contributed by atoms with van der Waals surface area (Å²) in [7, 11) is 0. The van der Waals surface area contributed by atoms with Crippen molar-refractivity contribution >= 4 is 11.9 Å². The maximum absolute atomic E-state index is 11.8. The Kier molecular flexibility index (Phi) is 8.81. The van der Waals surface area contributed by atoms with Gasteiger partial charge in [-0.25, -0.2) is 9.59 Å². The molecule has 0 aromatic carbocycles. The molecule has 0 amide bonds. The molecule has 0 radical (unpaired) electrons. The number of esters is 2. The van der Waals surface area contributed by atoms with Crippen LogP contribution in [0.2, 0.25) is 0 Å². The van der Waals surface area contributed by atoms with Gasteiger partial charge in [-0.2, -0.15) is 10.2 Å². The van der Waals surface area contributed by atoms with Gasteiger partial charge in [-0.3, -0.25) is 0 Å². The average molecular weight is 318 g/mol. The van der Waals surface area contributed by atoms with Crippen LogP contribution in [0, 0.1) is 0 Å². The minimum atomic E-state index is -1.24. The minimum Gasteiger partial charge on any atom is -0.464 e. The third kappa shape index (κ3) is 7.46. The van der Waals surface area contributed by atoms with Gasteiger partial charge >= 0.3 is 11.9 Å². The molecule has 128 valence electrons. The Bertz CT molecular complexity index is 357. The Labute approximate surface area is 130 Å². The Balaban J connectivity index is 4.62. The lowest BCUT2D eigenvalue weighted by Gasteiger charge is -2.21. The van der Waals surface area contributed by atoms with Crippen molar-refractivity contribution in [2.24, 2.45) is 10.2 Å². The fraction of sp³-hybridized carbons (Fsp3) is 0.857. The van der Waals surface area contributed by atoms with Crippen LogP contribution < -0.4 is 0 Å². The van der Waals surface area contributed by atoms with Crippen molar-refractivity contribution in [1.82, 2.24) is 0 Å². The Morgan fingerprint density at radius 2 is 1.14 bits per heavy atom. The number of aliphatic hydroxyl groups excluding tert-OH is 2. The first-order valence-corrected chi connectivity index (χ1v) is 7.17. The number of aliphatic hydroxyl groups is 2. The van der Waals surface area contributed by atoms with Crippen LogP contribution in [-0.4, -0.2) is 59.7 Å². The number of carbonyl (C=O) groups is 2. The second-order valence-corrected chi connectivity index (χ2v) is 5.74. The summed E-state index contributed by atoms with van der Waals surface area (Å²) in [5.41, 5.74) is -2.48. The van der Waals surface area contributed by atoms with E-state index >= 15 is 0 Å². The predicted molar refractivity (Wildman–Crippen MR) is 78.3 cm³/mol. The van der Waals surface area contributed by atoms with Crippen molar-refractivity contribution < 1.29 is 29.3 Å². The van der Waals surface area contributed by atoms with Gasteiger partial charge in [0, 0.05) is 26.1 Å². The molecule has 0 aromatic heterocycles. The van der Waals surface area contributed by atoms with Gasteiger partial charge in [-0.1, -0.05) is 0 Å². The van der Waals surface area contributed by atoms with E-state index in [0.29, 0.717) is 12.8 Å². The molecule has 0 aliphatic rings. The van der Waals surface area contributed by atoms with Gasteiger partial charge in [0.2, 0.25) is 0 Å². The topological polar surface area (TPSA) is 118 Å². The van der Waals surface area contributed by atoms with Gasteiger partial charge in [-0.15, -0.1) is 0 Å². The fourth-order valence-corrected chi connectivity index (χ4v) is 1.14. The van der Waals surface area contributed by atoms with Crippen molar-refractivity contribution in [2.75, 3.05) is 26.4 Å². The second kappa shape index (κ2) is 9.47. The molecule has 22 heavy (non-hydrogen) atoms. The van der Waals surface area contributed by atoms with E-state index in [1.54, 1.807) is 0 Å². The molecule has 0 heterocycles. The molecular formula is C14H26N2O6. The molecule has 0 aliphatic heterocycles. The monoisotopic (exact) mass is 318 g/mol. The van der Waals surface area contributed by atoms with Crippen molar-refractivity contribution in [3.63, 3.8) is 0 Å². The summed E-state index contributed by atoms with van der Waals surface area (Å²) in [5, 5.41) is 25.1. The highest BCUT2D eigenvalue weighted by molar-refractivity contribution is 5.81. The maximum atomic E-state index is 11.8. The molecule has 0 bridgehead atoms. The smallest absolute Gasteiger partial charge is 0.335 e. The summed E-state index contributed by atoms with van der Waals surface area (Å²) in [6, 6.07) is 0. The van der Waals surface area contributed by atoms with Crippen molar-refractivity contribution in [3.05, 3.63) is 0 Å². The van der Waals surface area contributed by atoms with Gasteiger partial charge in [0.05, 0.1) is 13.2 Å². The number of nitrogens with zero attached hydrogens (tertiary/aromatic N) is 2. The zero-order valence-electron chi connectivity index (χ0n) is 13.7. The molecule has 0 rings (SSSR count). The highest BCUT2D eigenvalue weighted by Gasteiger charge is 2.34. The second-order valence-electron chi connectivity index (χ2n) is 5.74. The lowest BCUT2D eigenvalue weighted by atomic mass is 10.1. The van der Waals surface area contributed by atoms with Crippen molar-refractivity contribution in [2.45, 2.75) is 51.6 Å². The third-order valence-corrected chi connectivity index (χ3v) is 2.62. The van der Waals surface area contributed by atoms with E-state index < -0.39 is 23.0 Å². The fourth-order valence-electron chi connectivity index (χ4n) is 1.14. The lowest BCUT2D eigenvalue weighted by molar-refractivity contribution is -0.151. The average Bonchev–Trinajstić information content (AvgIpc) is 2.45. The third-order valence-electron chi connectivity index (χ3n) is 2.62. The van der Waals surface area contributed by atoms with Gasteiger partial charge in [0.15, 0.2) is 11.1 Å². The molecule has 0 aromatic rings. The molecule has 0 atom stereocenters. The maximum Gasteiger partial charge on any atom is 0.335 e. The van der Waals surface area contributed by atoms with E-state index in [1.165, 1.54) is 27.7 Å². The largest absolute Gasteiger partial charge is 0.464 e. The highest BCUT2D eigenvalue weighted by Crippen LogP contribution is 2.18. The minimum absolute atomic E-state index is 0.0675. The molecular weight excluding hydrogens is 292 g/mol. The van der Waals surface area contributed by atoms with Crippen molar-refractivity contribution in [1.29, 1.82) is 0 Å². The van der Waals surface area contributed by atoms with Crippen LogP contribution in [0.5, 0.6) is 0 Å². The Morgan fingerprint density at radius 3 is 1.41 bits per heavy atom. The van der Waals surface area contributed by atoms with Crippen LogP contribution in [0.15, 0.2) is 10.2 Å². The molecule has 0 saturated heterocycles. The van der Waals surface area contributed by atoms with Crippen LogP contribution in [-0.2, 0) is 19.1 Å². The molecule has 8 nitrogen and oxygen atoms in total. The standard InChI is InChI=1S/C14H26N2O6/c1-13(2,11(19)21-9-5-7-17)15-16-14(3,4)12(20)22-10-6-8-18/h17-18H,5-10H2,1-4H3. The molecule has 0 unspecified atom stereocenters. The number of azo groups is 1. The number of ether oxygens (including phenoxy) is 2. The molecule has 8 heteroatoms. The summed E-state index contributed by atoms with van der Waals surface area (Å²) in [6.07, 6.45) is 0.698. The number of hydrogen-bond acceptors (Lipinski definition) is 8. The van der Waals surface area contributed by atoms with Crippen LogP contribution >= 0.6 is 0 Å². The van der Waals surface area contributed by atoms with Crippen LogP contribution in [0.4, 0.5) is 0 Å². The quantitative estimate of drug-likeness (QED) is 0.350. The van der Waals surface area contributed by atoms with Gasteiger partial charge in [0.25, 0.3) is 0 Å². The zero-order chi connectivity index (χ0) is 17.2. The van der Waals surface area contributed by atoms with E-state index in [2.05, 4.69) is 10.2 Å². The molecule has 0 aliphatic carbocycles. The SMILES string of the molecule is CC(C)(N=NC(C)(C)C(=O)OCCCO)C(=O)OCCCO. The summed E-state index contributed by atoms with van der Waals surface area (Å²) in [6.45, 7) is 6.14. The van der Waals surface area contributed by atoms with E-state index in [4.69, 9.17) is 19.7 Å². The summed E-state index contributed by atoms with van der Waals surface area (Å²) < 4.78 is 9.91. The summed E-state index contributed by atoms with van der Waals surface area (Å²) >= 11 is 0. The number of carbonyl (C=O) groups excluding carboxylic acids is 2. The Morgan fingerprint density at radius 1 is 0.818 bits per heavy atom. The molecule has 0 saturated carbocycles. The van der Waals surface area contributed by atoms with E-state index in [-0.39, 0.29) is 26.4 Å². The van der Waals surface area contributed by atoms with Crippen LogP contribution in [0.3, 0.4) is 0 Å². The summed E-state index contributed by atoms with van der Waals surface area (Å²) in [5.74, 6) is -1.18. The van der Waals surface area contributed by atoms with Crippen LogP contribution in [0.25, 0.3) is 0 Å². The van der Waals surface area contributed by atoms with Gasteiger partial charge in [-0.05, 0) is 27.7 Å². The Hall–Kier alpha value is -1.54. The van der Waals surface area contributed by atoms with Gasteiger partial charge in [0.1, 0.15) is 0 Å². The lowest BCUT2D eigenvalue weighted by Crippen LogP contribution is -2.35. The first kappa shape index (κ1) is 20.5. The molecule has 0 spiro atoms.